The minimum absolute atomic E-state index is 0. The predicted molar refractivity (Wildman–Crippen MR) is 36.8 cm³/mol. The number of benzene rings is 1. The number of hydrogen-bond acceptors (Lipinski definition) is 1. The van der Waals surface area contributed by atoms with Crippen molar-refractivity contribution in [2.45, 2.75) is 11.8 Å². The minimum Gasteiger partial charge on any atom is -0.779 e. The van der Waals surface area contributed by atoms with Crippen molar-refractivity contribution in [2.75, 3.05) is 0 Å². The van der Waals surface area contributed by atoms with E-state index in [4.69, 9.17) is 12.6 Å². The molecule has 0 nitrogen and oxygen atoms in total. The zero-order valence-electron chi connectivity index (χ0n) is 5.22. The van der Waals surface area contributed by atoms with Crippen LogP contribution in [0.25, 0.3) is 0 Å². The molecule has 1 rings (SSSR count). The van der Waals surface area contributed by atoms with Gasteiger partial charge in [-0.3, -0.25) is 0 Å². The molecule has 1 aromatic carbocycles. The van der Waals surface area contributed by atoms with Gasteiger partial charge in [-0.25, -0.2) is 0 Å². The summed E-state index contributed by atoms with van der Waals surface area (Å²) in [4.78, 5) is 0.951. The van der Waals surface area contributed by atoms with Gasteiger partial charge in [0.05, 0.1) is 0 Å². The summed E-state index contributed by atoms with van der Waals surface area (Å²) >= 11 is 4.95. The Balaban J connectivity index is 0.000000640. The van der Waals surface area contributed by atoms with E-state index in [0.29, 0.717) is 0 Å². The van der Waals surface area contributed by atoms with Gasteiger partial charge in [-0.2, -0.15) is 4.90 Å². The van der Waals surface area contributed by atoms with E-state index < -0.39 is 0 Å². The Kier molecular flexibility index (Phi) is 4.34. The first-order valence-corrected chi connectivity index (χ1v) is 2.94. The van der Waals surface area contributed by atoms with Gasteiger partial charge in [0, 0.05) is 26.2 Å². The maximum atomic E-state index is 4.95. The van der Waals surface area contributed by atoms with Crippen molar-refractivity contribution in [3.05, 3.63) is 29.8 Å². The van der Waals surface area contributed by atoms with Gasteiger partial charge < -0.3 is 12.6 Å². The van der Waals surface area contributed by atoms with Crippen LogP contribution in [0.5, 0.6) is 0 Å². The summed E-state index contributed by atoms with van der Waals surface area (Å²) in [6, 6.07) is 7.90. The molecule has 0 heterocycles. The van der Waals surface area contributed by atoms with Crippen LogP contribution in [0.15, 0.2) is 29.2 Å². The fraction of sp³-hybridized carbons (Fsp3) is 0.143. The van der Waals surface area contributed by atoms with Crippen molar-refractivity contribution in [2.24, 2.45) is 0 Å². The second kappa shape index (κ2) is 4.19. The molecule has 0 N–H and O–H groups in total. The summed E-state index contributed by atoms with van der Waals surface area (Å²) < 4.78 is 0. The standard InChI is InChI=1S/C7H8S.Zr/c1-6-4-2-3-5-7(6)8;/h2-5,8H,1H3;/p-1. The normalized spacial score (nSPS) is 8.11. The molecule has 0 unspecified atom stereocenters. The SMILES string of the molecule is Cc1ccccc1[S-].[Zr]. The Morgan fingerprint density at radius 3 is 2.11 bits per heavy atom. The summed E-state index contributed by atoms with van der Waals surface area (Å²) in [7, 11) is 0. The predicted octanol–water partition coefficient (Wildman–Crippen LogP) is 1.90. The van der Waals surface area contributed by atoms with Gasteiger partial charge in [-0.1, -0.05) is 29.8 Å². The van der Waals surface area contributed by atoms with Gasteiger partial charge >= 0.3 is 0 Å². The molecule has 0 bridgehead atoms. The van der Waals surface area contributed by atoms with Crippen LogP contribution in [0.4, 0.5) is 0 Å². The number of hydrogen-bond donors (Lipinski definition) is 0. The zero-order chi connectivity index (χ0) is 5.98. The molecule has 0 aliphatic carbocycles. The van der Waals surface area contributed by atoms with Crippen LogP contribution in [-0.4, -0.2) is 0 Å². The van der Waals surface area contributed by atoms with E-state index in [2.05, 4.69) is 0 Å². The van der Waals surface area contributed by atoms with E-state index in [1.807, 2.05) is 31.2 Å². The van der Waals surface area contributed by atoms with Crippen molar-refractivity contribution in [3.63, 3.8) is 0 Å². The molecule has 0 amide bonds. The molecule has 9 heavy (non-hydrogen) atoms. The van der Waals surface area contributed by atoms with Crippen molar-refractivity contribution in [1.29, 1.82) is 0 Å². The summed E-state index contributed by atoms with van der Waals surface area (Å²) in [5, 5.41) is 0. The van der Waals surface area contributed by atoms with Crippen LogP contribution in [0.3, 0.4) is 0 Å². The molecule has 0 fully saturated rings. The fourth-order valence-electron chi connectivity index (χ4n) is 0.556. The second-order valence-electron chi connectivity index (χ2n) is 1.77. The number of aryl methyl sites for hydroxylation is 1. The molecule has 1 aromatic rings. The molecule has 0 saturated heterocycles. The van der Waals surface area contributed by atoms with Gasteiger partial charge in [0.2, 0.25) is 0 Å². The molecular weight excluding hydrogens is 207 g/mol. The molecule has 0 radical (unpaired) electrons. The van der Waals surface area contributed by atoms with Crippen LogP contribution in [0, 0.1) is 6.92 Å². The Morgan fingerprint density at radius 1 is 1.22 bits per heavy atom. The molecule has 2 heteroatoms. The van der Waals surface area contributed by atoms with Crippen molar-refractivity contribution in [1.82, 2.24) is 0 Å². The topological polar surface area (TPSA) is 0 Å². The van der Waals surface area contributed by atoms with Crippen LogP contribution < -0.4 is 0 Å². The average molecular weight is 214 g/mol. The second-order valence-corrected chi connectivity index (χ2v) is 2.21. The van der Waals surface area contributed by atoms with E-state index >= 15 is 0 Å². The van der Waals surface area contributed by atoms with Crippen LogP contribution in [0.2, 0.25) is 0 Å². The van der Waals surface area contributed by atoms with Crippen molar-refractivity contribution >= 4 is 12.6 Å². The van der Waals surface area contributed by atoms with E-state index in [9.17, 15) is 0 Å². The Hall–Kier alpha value is 0.323. The maximum Gasteiger partial charge on any atom is 0 e. The monoisotopic (exact) mass is 213 g/mol. The van der Waals surface area contributed by atoms with Crippen LogP contribution in [0.1, 0.15) is 5.56 Å². The first-order chi connectivity index (χ1) is 3.80. The third-order valence-electron chi connectivity index (χ3n) is 1.09. The molecule has 0 saturated carbocycles. The van der Waals surface area contributed by atoms with Gasteiger partial charge in [-0.15, -0.1) is 0 Å². The summed E-state index contributed by atoms with van der Waals surface area (Å²) in [6.07, 6.45) is 0. The maximum absolute atomic E-state index is 4.95. The quantitative estimate of drug-likeness (QED) is 0.595. The largest absolute Gasteiger partial charge is 0.779 e. The molecule has 46 valence electrons. The Bertz CT molecular complexity index is 165. The molecule has 0 atom stereocenters. The number of rotatable bonds is 0. The first kappa shape index (κ1) is 9.32. The summed E-state index contributed by atoms with van der Waals surface area (Å²) in [5.74, 6) is 0. The molecule has 0 aliphatic heterocycles. The molecule has 0 aromatic heterocycles. The van der Waals surface area contributed by atoms with Crippen molar-refractivity contribution < 1.29 is 26.2 Å². The van der Waals surface area contributed by atoms with Crippen LogP contribution >= 0.6 is 0 Å². The average Bonchev–Trinajstić information content (AvgIpc) is 1.77. The van der Waals surface area contributed by atoms with E-state index in [-0.39, 0.29) is 26.2 Å². The third kappa shape index (κ3) is 2.60. The first-order valence-electron chi connectivity index (χ1n) is 2.53. The van der Waals surface area contributed by atoms with Gasteiger partial charge in [-0.05, 0) is 6.92 Å². The van der Waals surface area contributed by atoms with E-state index in [1.165, 1.54) is 5.56 Å². The van der Waals surface area contributed by atoms with Gasteiger partial charge in [0.15, 0.2) is 0 Å². The van der Waals surface area contributed by atoms with Gasteiger partial charge in [0.25, 0.3) is 0 Å². The Morgan fingerprint density at radius 2 is 1.78 bits per heavy atom. The van der Waals surface area contributed by atoms with Crippen LogP contribution in [-0.2, 0) is 38.8 Å². The van der Waals surface area contributed by atoms with E-state index in [1.54, 1.807) is 0 Å². The summed E-state index contributed by atoms with van der Waals surface area (Å²) in [5.41, 5.74) is 1.18. The van der Waals surface area contributed by atoms with Gasteiger partial charge in [0.1, 0.15) is 0 Å². The zero-order valence-corrected chi connectivity index (χ0v) is 8.49. The fourth-order valence-corrected chi connectivity index (χ4v) is 0.703. The summed E-state index contributed by atoms with van der Waals surface area (Å²) in [6.45, 7) is 2.02. The third-order valence-corrected chi connectivity index (χ3v) is 1.55. The molecular formula is C7H7SZr-. The molecule has 0 aliphatic rings. The van der Waals surface area contributed by atoms with E-state index in [0.717, 1.165) is 4.90 Å². The molecule has 0 spiro atoms. The smallest absolute Gasteiger partial charge is 0 e. The Labute approximate surface area is 80.2 Å². The van der Waals surface area contributed by atoms with Crippen molar-refractivity contribution in [3.8, 4) is 0 Å². The minimum atomic E-state index is 0.